The van der Waals surface area contributed by atoms with E-state index in [0.29, 0.717) is 0 Å². The maximum Gasteiger partial charge on any atom is 0.188 e. The van der Waals surface area contributed by atoms with Gasteiger partial charge < -0.3 is 5.32 Å². The summed E-state index contributed by atoms with van der Waals surface area (Å²) in [4.78, 5) is 0. The zero-order valence-corrected chi connectivity index (χ0v) is 8.75. The van der Waals surface area contributed by atoms with Crippen molar-refractivity contribution in [3.8, 4) is 0 Å². The predicted molar refractivity (Wildman–Crippen MR) is 54.5 cm³/mol. The summed E-state index contributed by atoms with van der Waals surface area (Å²) in [6, 6.07) is 0. The SMILES string of the molecule is CNN1C(=S)NC(C)(C)C=C1C. The standard InChI is InChI=1S/C8H15N3S/c1-6-5-8(2,3)10-7(12)11(6)9-4/h5,9H,1-4H3,(H,10,12). The average Bonchev–Trinajstić information content (AvgIpc) is 1.82. The van der Waals surface area contributed by atoms with Crippen LogP contribution < -0.4 is 10.7 Å². The minimum atomic E-state index is -0.0332. The largest absolute Gasteiger partial charge is 0.353 e. The van der Waals surface area contributed by atoms with Crippen LogP contribution in [0.5, 0.6) is 0 Å². The summed E-state index contributed by atoms with van der Waals surface area (Å²) >= 11 is 5.16. The molecule has 4 heteroatoms. The van der Waals surface area contributed by atoms with Crippen molar-refractivity contribution in [2.24, 2.45) is 0 Å². The Balaban J connectivity index is 2.92. The van der Waals surface area contributed by atoms with Crippen LogP contribution in [0, 0.1) is 0 Å². The van der Waals surface area contributed by atoms with Crippen LogP contribution in [0.25, 0.3) is 0 Å². The molecule has 1 heterocycles. The van der Waals surface area contributed by atoms with Crippen molar-refractivity contribution in [3.05, 3.63) is 11.8 Å². The van der Waals surface area contributed by atoms with E-state index < -0.39 is 0 Å². The van der Waals surface area contributed by atoms with Gasteiger partial charge in [-0.1, -0.05) is 0 Å². The van der Waals surface area contributed by atoms with Crippen molar-refractivity contribution in [3.63, 3.8) is 0 Å². The van der Waals surface area contributed by atoms with E-state index in [4.69, 9.17) is 12.2 Å². The third-order valence-electron chi connectivity index (χ3n) is 1.78. The van der Waals surface area contributed by atoms with Crippen molar-refractivity contribution in [1.82, 2.24) is 15.8 Å². The third-order valence-corrected chi connectivity index (χ3v) is 2.06. The summed E-state index contributed by atoms with van der Waals surface area (Å²) in [7, 11) is 1.85. The summed E-state index contributed by atoms with van der Waals surface area (Å²) < 4.78 is 0. The van der Waals surface area contributed by atoms with Crippen LogP contribution in [-0.2, 0) is 0 Å². The molecule has 0 unspecified atom stereocenters. The number of hydrazine groups is 1. The molecule has 0 bridgehead atoms. The number of nitrogens with zero attached hydrogens (tertiary/aromatic N) is 1. The number of rotatable bonds is 1. The van der Waals surface area contributed by atoms with Gasteiger partial charge in [0.15, 0.2) is 5.11 Å². The van der Waals surface area contributed by atoms with Gasteiger partial charge in [0.2, 0.25) is 0 Å². The molecular formula is C8H15N3S. The third kappa shape index (κ3) is 1.76. The Bertz CT molecular complexity index is 232. The second kappa shape index (κ2) is 3.03. The first kappa shape index (κ1) is 9.48. The number of thiocarbonyl (C=S) groups is 1. The highest BCUT2D eigenvalue weighted by Gasteiger charge is 2.25. The fourth-order valence-corrected chi connectivity index (χ4v) is 1.89. The van der Waals surface area contributed by atoms with Gasteiger partial charge in [0.1, 0.15) is 0 Å². The monoisotopic (exact) mass is 185 g/mol. The maximum atomic E-state index is 5.16. The molecule has 1 rings (SSSR count). The van der Waals surface area contributed by atoms with E-state index in [-0.39, 0.29) is 5.54 Å². The van der Waals surface area contributed by atoms with E-state index in [0.717, 1.165) is 10.8 Å². The molecule has 0 fully saturated rings. The molecule has 0 aliphatic carbocycles. The Morgan fingerprint density at radius 2 is 2.17 bits per heavy atom. The molecule has 1 aliphatic heterocycles. The van der Waals surface area contributed by atoms with Crippen molar-refractivity contribution in [2.45, 2.75) is 26.3 Å². The molecule has 0 spiro atoms. The summed E-state index contributed by atoms with van der Waals surface area (Å²) in [6.45, 7) is 6.22. The highest BCUT2D eigenvalue weighted by Crippen LogP contribution is 2.16. The average molecular weight is 185 g/mol. The molecule has 0 aromatic carbocycles. The summed E-state index contributed by atoms with van der Waals surface area (Å²) in [5.74, 6) is 0. The lowest BCUT2D eigenvalue weighted by Gasteiger charge is -2.37. The molecule has 0 aromatic rings. The summed E-state index contributed by atoms with van der Waals surface area (Å²) in [5.41, 5.74) is 4.10. The molecule has 12 heavy (non-hydrogen) atoms. The van der Waals surface area contributed by atoms with Gasteiger partial charge in [-0.3, -0.25) is 5.01 Å². The Morgan fingerprint density at radius 1 is 1.58 bits per heavy atom. The molecule has 0 amide bonds. The Kier molecular flexibility index (Phi) is 2.39. The van der Waals surface area contributed by atoms with Gasteiger partial charge >= 0.3 is 0 Å². The van der Waals surface area contributed by atoms with Gasteiger partial charge in [0.25, 0.3) is 0 Å². The van der Waals surface area contributed by atoms with Crippen LogP contribution in [0.1, 0.15) is 20.8 Å². The molecular weight excluding hydrogens is 170 g/mol. The highest BCUT2D eigenvalue weighted by molar-refractivity contribution is 7.80. The Labute approximate surface area is 78.8 Å². The normalized spacial score (nSPS) is 21.8. The van der Waals surface area contributed by atoms with Crippen molar-refractivity contribution < 1.29 is 0 Å². The fraction of sp³-hybridized carbons (Fsp3) is 0.625. The quantitative estimate of drug-likeness (QED) is 0.596. The Morgan fingerprint density at radius 3 is 2.58 bits per heavy atom. The van der Waals surface area contributed by atoms with Gasteiger partial charge in [-0.2, -0.15) is 0 Å². The molecule has 2 N–H and O–H groups in total. The predicted octanol–water partition coefficient (Wildman–Crippen LogP) is 0.993. The molecule has 68 valence electrons. The van der Waals surface area contributed by atoms with E-state index in [1.807, 2.05) is 19.0 Å². The van der Waals surface area contributed by atoms with Crippen LogP contribution >= 0.6 is 12.2 Å². The van der Waals surface area contributed by atoms with Gasteiger partial charge in [-0.15, -0.1) is 0 Å². The lowest BCUT2D eigenvalue weighted by molar-refractivity contribution is 0.365. The minimum absolute atomic E-state index is 0.0332. The first-order valence-electron chi connectivity index (χ1n) is 3.95. The van der Waals surface area contributed by atoms with E-state index in [1.165, 1.54) is 0 Å². The first-order valence-corrected chi connectivity index (χ1v) is 4.36. The van der Waals surface area contributed by atoms with E-state index in [2.05, 4.69) is 30.7 Å². The van der Waals surface area contributed by atoms with Gasteiger partial charge in [-0.25, -0.2) is 5.43 Å². The molecule has 3 nitrogen and oxygen atoms in total. The summed E-state index contributed by atoms with van der Waals surface area (Å²) in [6.07, 6.45) is 2.14. The zero-order valence-electron chi connectivity index (χ0n) is 7.93. The van der Waals surface area contributed by atoms with Crippen LogP contribution in [0.3, 0.4) is 0 Å². The molecule has 1 aliphatic rings. The molecule has 0 saturated heterocycles. The van der Waals surface area contributed by atoms with Crippen LogP contribution in [0.4, 0.5) is 0 Å². The molecule has 0 radical (unpaired) electrons. The van der Waals surface area contributed by atoms with E-state index in [1.54, 1.807) is 0 Å². The van der Waals surface area contributed by atoms with Crippen molar-refractivity contribution >= 4 is 17.3 Å². The van der Waals surface area contributed by atoms with Crippen molar-refractivity contribution in [1.29, 1.82) is 0 Å². The van der Waals surface area contributed by atoms with Gasteiger partial charge in [-0.05, 0) is 39.1 Å². The molecule has 0 aromatic heterocycles. The van der Waals surface area contributed by atoms with Crippen molar-refractivity contribution in [2.75, 3.05) is 7.05 Å². The Hall–Kier alpha value is -0.610. The topological polar surface area (TPSA) is 27.3 Å². The van der Waals surface area contributed by atoms with Gasteiger partial charge in [0, 0.05) is 12.7 Å². The number of hydrogen-bond acceptors (Lipinski definition) is 2. The maximum absolute atomic E-state index is 5.16. The lowest BCUT2D eigenvalue weighted by atomic mass is 10.0. The van der Waals surface area contributed by atoms with E-state index in [9.17, 15) is 0 Å². The number of hydrogen-bond donors (Lipinski definition) is 2. The van der Waals surface area contributed by atoms with E-state index >= 15 is 0 Å². The van der Waals surface area contributed by atoms with Gasteiger partial charge in [0.05, 0.1) is 5.54 Å². The number of allylic oxidation sites excluding steroid dienone is 1. The molecule has 0 saturated carbocycles. The smallest absolute Gasteiger partial charge is 0.188 e. The zero-order chi connectivity index (χ0) is 9.35. The first-order chi connectivity index (χ1) is 5.46. The van der Waals surface area contributed by atoms with Crippen LogP contribution in [0.15, 0.2) is 11.8 Å². The minimum Gasteiger partial charge on any atom is -0.353 e. The summed E-state index contributed by atoms with van der Waals surface area (Å²) in [5, 5.41) is 5.78. The highest BCUT2D eigenvalue weighted by atomic mass is 32.1. The van der Waals surface area contributed by atoms with Crippen LogP contribution in [-0.4, -0.2) is 22.7 Å². The number of nitrogens with one attached hydrogen (secondary N) is 2. The second-order valence-electron chi connectivity index (χ2n) is 3.50. The molecule has 0 atom stereocenters. The lowest BCUT2D eigenvalue weighted by Crippen LogP contribution is -2.56. The van der Waals surface area contributed by atoms with Crippen LogP contribution in [0.2, 0.25) is 0 Å². The fourth-order valence-electron chi connectivity index (χ4n) is 1.39. The second-order valence-corrected chi connectivity index (χ2v) is 3.88.